The summed E-state index contributed by atoms with van der Waals surface area (Å²) >= 11 is -0.823. The van der Waals surface area contributed by atoms with E-state index in [4.69, 9.17) is 0 Å². The van der Waals surface area contributed by atoms with Gasteiger partial charge in [-0.25, -0.2) is 0 Å². The highest BCUT2D eigenvalue weighted by Gasteiger charge is 2.31. The molecule has 25 heavy (non-hydrogen) atoms. The van der Waals surface area contributed by atoms with E-state index in [2.05, 4.69) is 0 Å². The van der Waals surface area contributed by atoms with Crippen LogP contribution >= 0.6 is 0 Å². The van der Waals surface area contributed by atoms with E-state index in [0.717, 1.165) is 9.13 Å². The van der Waals surface area contributed by atoms with Crippen LogP contribution in [0.3, 0.4) is 0 Å². The first-order valence-corrected chi connectivity index (χ1v) is 10.1. The predicted octanol–water partition coefficient (Wildman–Crippen LogP) is 1.49. The maximum Gasteiger partial charge on any atom is 0.366 e. The molecule has 3 aromatic rings. The van der Waals surface area contributed by atoms with Crippen LogP contribution < -0.4 is 21.2 Å². The Hall–Kier alpha value is -2.34. The van der Waals surface area contributed by atoms with Gasteiger partial charge in [0.1, 0.15) is 0 Å². The highest BCUT2D eigenvalue weighted by molar-refractivity contribution is 6.00. The third kappa shape index (κ3) is 3.69. The maximum absolute atomic E-state index is 12.3. The van der Waals surface area contributed by atoms with Gasteiger partial charge >= 0.3 is 21.2 Å². The van der Waals surface area contributed by atoms with Gasteiger partial charge in [-0.1, -0.05) is 55.5 Å². The van der Waals surface area contributed by atoms with E-state index in [-0.39, 0.29) is 22.8 Å². The second-order valence-corrected chi connectivity index (χ2v) is 8.38. The van der Waals surface area contributed by atoms with Gasteiger partial charge in [-0.15, -0.1) is 0 Å². The van der Waals surface area contributed by atoms with Gasteiger partial charge in [0.25, 0.3) is 3.57 Å². The second-order valence-electron chi connectivity index (χ2n) is 5.52. The quantitative estimate of drug-likeness (QED) is 0.463. The Balaban J connectivity index is 2.20. The Labute approximate surface area is 157 Å². The molecule has 3 nitrogen and oxygen atoms in total. The molecule has 0 saturated heterocycles. The zero-order valence-corrected chi connectivity index (χ0v) is 15.9. The van der Waals surface area contributed by atoms with Gasteiger partial charge in [-0.05, 0) is 23.8 Å². The lowest BCUT2D eigenvalue weighted by molar-refractivity contribution is -0.599. The minimum absolute atomic E-state index is 0.0630. The summed E-state index contributed by atoms with van der Waals surface area (Å²) < 4.78 is 1.55. The highest BCUT2D eigenvalue weighted by Crippen LogP contribution is 2.35. The Morgan fingerprint density at radius 3 is 2.12 bits per heavy atom. The molecule has 0 unspecified atom stereocenters. The fraction of sp³-hybridized carbons (Fsp3) is 0.0952. The van der Waals surface area contributed by atoms with Crippen molar-refractivity contribution in [2.45, 2.75) is 13.3 Å². The van der Waals surface area contributed by atoms with Crippen molar-refractivity contribution in [1.82, 2.24) is 0 Å². The van der Waals surface area contributed by atoms with E-state index in [1.807, 2.05) is 60.7 Å². The first-order valence-electron chi connectivity index (χ1n) is 7.99. The van der Waals surface area contributed by atoms with Crippen LogP contribution in [0.15, 0.2) is 66.7 Å². The number of benzene rings is 3. The van der Waals surface area contributed by atoms with Crippen molar-refractivity contribution in [3.8, 4) is 22.6 Å². The van der Waals surface area contributed by atoms with Gasteiger partial charge in [0.05, 0.1) is 5.56 Å². The van der Waals surface area contributed by atoms with E-state index < -0.39 is 21.2 Å². The highest BCUT2D eigenvalue weighted by atomic mass is 127. The SMILES string of the molecule is CCC(=O)c1cc(-c2ccccc2)c(O)c([I+]c2ccccc2)c1O. The van der Waals surface area contributed by atoms with Crippen LogP contribution in [0.2, 0.25) is 0 Å². The molecular weight excluding hydrogens is 427 g/mol. The lowest BCUT2D eigenvalue weighted by Gasteiger charge is -2.10. The molecule has 0 atom stereocenters. The number of hydrogen-bond acceptors (Lipinski definition) is 3. The molecule has 0 aliphatic carbocycles. The number of carbonyl (C=O) groups is 1. The lowest BCUT2D eigenvalue weighted by atomic mass is 9.98. The lowest BCUT2D eigenvalue weighted by Crippen LogP contribution is -3.61. The summed E-state index contributed by atoms with van der Waals surface area (Å²) in [6, 6.07) is 20.8. The average Bonchev–Trinajstić information content (AvgIpc) is 2.66. The van der Waals surface area contributed by atoms with E-state index in [9.17, 15) is 15.0 Å². The number of carbonyl (C=O) groups excluding carboxylic acids is 1. The molecule has 0 spiro atoms. The summed E-state index contributed by atoms with van der Waals surface area (Å²) in [7, 11) is 0. The zero-order valence-electron chi connectivity index (χ0n) is 13.7. The van der Waals surface area contributed by atoms with Gasteiger partial charge in [0, 0.05) is 12.0 Å². The smallest absolute Gasteiger partial charge is 0.366 e. The van der Waals surface area contributed by atoms with Gasteiger partial charge < -0.3 is 10.2 Å². The molecule has 0 aromatic heterocycles. The summed E-state index contributed by atoms with van der Waals surface area (Å²) in [6.07, 6.45) is 0.301. The fourth-order valence-corrected chi connectivity index (χ4v) is 5.04. The van der Waals surface area contributed by atoms with Crippen molar-refractivity contribution >= 4 is 5.78 Å². The number of ketones is 1. The van der Waals surface area contributed by atoms with Crippen LogP contribution in [-0.2, 0) is 0 Å². The fourth-order valence-electron chi connectivity index (χ4n) is 2.55. The molecule has 3 aromatic carbocycles. The Kier molecular flexibility index (Phi) is 5.38. The molecule has 4 heteroatoms. The van der Waals surface area contributed by atoms with Crippen LogP contribution in [0.25, 0.3) is 11.1 Å². The van der Waals surface area contributed by atoms with Gasteiger partial charge in [0.15, 0.2) is 20.9 Å². The molecular formula is C21H18IO3+. The molecule has 0 aliphatic heterocycles. The van der Waals surface area contributed by atoms with Gasteiger partial charge in [-0.3, -0.25) is 4.79 Å². The molecule has 0 radical (unpaired) electrons. The first kappa shape index (κ1) is 17.5. The van der Waals surface area contributed by atoms with Crippen molar-refractivity contribution in [3.05, 3.63) is 79.4 Å². The summed E-state index contributed by atoms with van der Waals surface area (Å²) in [5.41, 5.74) is 1.69. The molecule has 0 fully saturated rings. The molecule has 0 heterocycles. The minimum atomic E-state index is -0.823. The molecule has 0 bridgehead atoms. The van der Waals surface area contributed by atoms with Crippen LogP contribution in [0.5, 0.6) is 11.5 Å². The number of phenolic OH excluding ortho intramolecular Hbond substituents is 2. The predicted molar refractivity (Wildman–Crippen MR) is 93.7 cm³/mol. The summed E-state index contributed by atoms with van der Waals surface area (Å²) in [4.78, 5) is 12.3. The summed E-state index contributed by atoms with van der Waals surface area (Å²) in [5.74, 6) is -0.151. The third-order valence-electron chi connectivity index (χ3n) is 3.86. The molecule has 0 aliphatic rings. The van der Waals surface area contributed by atoms with E-state index in [0.29, 0.717) is 15.6 Å². The number of phenols is 2. The monoisotopic (exact) mass is 445 g/mol. The maximum atomic E-state index is 12.3. The minimum Gasteiger partial charge on any atom is -0.503 e. The summed E-state index contributed by atoms with van der Waals surface area (Å²) in [6.45, 7) is 1.77. The van der Waals surface area contributed by atoms with Crippen LogP contribution in [0.1, 0.15) is 23.7 Å². The number of rotatable bonds is 5. The van der Waals surface area contributed by atoms with Gasteiger partial charge in [0.2, 0.25) is 0 Å². The molecule has 2 N–H and O–H groups in total. The van der Waals surface area contributed by atoms with Crippen molar-refractivity contribution in [2.75, 3.05) is 0 Å². The second kappa shape index (κ2) is 7.70. The van der Waals surface area contributed by atoms with E-state index in [1.54, 1.807) is 13.0 Å². The molecule has 3 rings (SSSR count). The first-order chi connectivity index (χ1) is 12.1. The molecule has 126 valence electrons. The molecule has 0 saturated carbocycles. The number of hydrogen-bond donors (Lipinski definition) is 2. The number of aromatic hydroxyl groups is 2. The van der Waals surface area contributed by atoms with Gasteiger partial charge in [-0.2, -0.15) is 0 Å². The van der Waals surface area contributed by atoms with E-state index >= 15 is 0 Å². The Bertz CT molecular complexity index is 890. The number of Topliss-reactive ketones (excluding diaryl/α,β-unsaturated/α-hetero) is 1. The normalized spacial score (nSPS) is 10.6. The Morgan fingerprint density at radius 2 is 1.52 bits per heavy atom. The van der Waals surface area contributed by atoms with Crippen LogP contribution in [0.4, 0.5) is 0 Å². The largest absolute Gasteiger partial charge is 0.503 e. The van der Waals surface area contributed by atoms with Crippen molar-refractivity contribution in [1.29, 1.82) is 0 Å². The Morgan fingerprint density at radius 1 is 0.920 bits per heavy atom. The standard InChI is InChI=1S/C21H17IO3/c1-2-18(23)17-13-16(14-9-5-3-6-10-14)20(24)19(21(17)25)22-15-11-7-4-8-12-15/h3-13H,2H2,1H3,(H-,23,24,25)/p+1. The van der Waals surface area contributed by atoms with Crippen molar-refractivity contribution < 1.29 is 36.2 Å². The van der Waals surface area contributed by atoms with E-state index in [1.165, 1.54) is 0 Å². The average molecular weight is 445 g/mol. The zero-order chi connectivity index (χ0) is 17.8. The molecule has 0 amide bonds. The number of halogens is 1. The summed E-state index contributed by atoms with van der Waals surface area (Å²) in [5, 5.41) is 21.5. The van der Waals surface area contributed by atoms with Crippen LogP contribution in [0, 0.1) is 7.14 Å². The van der Waals surface area contributed by atoms with Crippen LogP contribution in [-0.4, -0.2) is 16.0 Å². The third-order valence-corrected chi connectivity index (χ3v) is 6.76. The topological polar surface area (TPSA) is 57.5 Å². The van der Waals surface area contributed by atoms with Crippen molar-refractivity contribution in [2.24, 2.45) is 0 Å². The van der Waals surface area contributed by atoms with Crippen molar-refractivity contribution in [3.63, 3.8) is 0 Å².